The molecular weight excluding hydrogens is 294 g/mol. The average Bonchev–Trinajstić information content (AvgIpc) is 2.80. The Morgan fingerprint density at radius 1 is 1.26 bits per heavy atom. The van der Waals surface area contributed by atoms with E-state index < -0.39 is 4.92 Å². The quantitative estimate of drug-likeness (QED) is 0.497. The van der Waals surface area contributed by atoms with E-state index in [1.54, 1.807) is 19.1 Å². The van der Waals surface area contributed by atoms with Gasteiger partial charge in [-0.2, -0.15) is 0 Å². The molecule has 0 atom stereocenters. The molecule has 1 aliphatic rings. The van der Waals surface area contributed by atoms with Crippen LogP contribution < -0.4 is 5.32 Å². The Hall–Kier alpha value is -1.95. The van der Waals surface area contributed by atoms with Crippen molar-refractivity contribution in [2.24, 2.45) is 0 Å². The molecule has 0 bridgehead atoms. The predicted molar refractivity (Wildman–Crippen MR) is 89.7 cm³/mol. The van der Waals surface area contributed by atoms with Gasteiger partial charge in [0.05, 0.1) is 4.92 Å². The zero-order valence-corrected chi connectivity index (χ0v) is 13.7. The van der Waals surface area contributed by atoms with Crippen LogP contribution in [0.5, 0.6) is 0 Å². The molecule has 1 aromatic rings. The van der Waals surface area contributed by atoms with Crippen LogP contribution in [0, 0.1) is 17.0 Å². The van der Waals surface area contributed by atoms with Gasteiger partial charge in [-0.25, -0.2) is 0 Å². The summed E-state index contributed by atoms with van der Waals surface area (Å²) in [4.78, 5) is 25.1. The number of amides is 1. The molecule has 1 N–H and O–H groups in total. The van der Waals surface area contributed by atoms with Crippen LogP contribution in [-0.4, -0.2) is 41.9 Å². The highest BCUT2D eigenvalue weighted by molar-refractivity contribution is 5.96. The highest BCUT2D eigenvalue weighted by atomic mass is 16.6. The molecule has 1 fully saturated rings. The zero-order valence-electron chi connectivity index (χ0n) is 13.7. The van der Waals surface area contributed by atoms with E-state index in [9.17, 15) is 14.9 Å². The molecule has 0 spiro atoms. The first kappa shape index (κ1) is 17.4. The van der Waals surface area contributed by atoms with Crippen molar-refractivity contribution in [3.8, 4) is 0 Å². The number of hydrogen-bond acceptors (Lipinski definition) is 4. The van der Waals surface area contributed by atoms with Crippen LogP contribution in [0.3, 0.4) is 0 Å². The second kappa shape index (κ2) is 8.62. The van der Waals surface area contributed by atoms with Gasteiger partial charge < -0.3 is 10.2 Å². The smallest absolute Gasteiger partial charge is 0.273 e. The lowest BCUT2D eigenvalue weighted by Gasteiger charge is -2.19. The van der Waals surface area contributed by atoms with Gasteiger partial charge >= 0.3 is 0 Å². The van der Waals surface area contributed by atoms with Crippen LogP contribution in [0.25, 0.3) is 0 Å². The summed E-state index contributed by atoms with van der Waals surface area (Å²) >= 11 is 0. The maximum Gasteiger partial charge on any atom is 0.273 e. The number of nitro benzene ring substituents is 1. The van der Waals surface area contributed by atoms with Crippen molar-refractivity contribution in [1.29, 1.82) is 0 Å². The summed E-state index contributed by atoms with van der Waals surface area (Å²) in [5.41, 5.74) is 0.790. The molecule has 6 nitrogen and oxygen atoms in total. The van der Waals surface area contributed by atoms with E-state index in [4.69, 9.17) is 0 Å². The van der Waals surface area contributed by atoms with Gasteiger partial charge in [0.15, 0.2) is 0 Å². The maximum atomic E-state index is 12.2. The molecule has 0 unspecified atom stereocenters. The van der Waals surface area contributed by atoms with E-state index in [0.717, 1.165) is 26.1 Å². The summed E-state index contributed by atoms with van der Waals surface area (Å²) in [5.74, 6) is -0.234. The van der Waals surface area contributed by atoms with Gasteiger partial charge in [0.1, 0.15) is 0 Å². The largest absolute Gasteiger partial charge is 0.352 e. The number of nitrogens with one attached hydrogen (secondary N) is 1. The third-order valence-corrected chi connectivity index (χ3v) is 4.38. The lowest BCUT2D eigenvalue weighted by molar-refractivity contribution is -0.385. The molecule has 0 radical (unpaired) electrons. The molecule has 1 aliphatic heterocycles. The van der Waals surface area contributed by atoms with Crippen molar-refractivity contribution in [1.82, 2.24) is 10.2 Å². The van der Waals surface area contributed by atoms with Crippen LogP contribution in [0.2, 0.25) is 0 Å². The van der Waals surface area contributed by atoms with Crippen molar-refractivity contribution in [3.05, 3.63) is 39.4 Å². The molecule has 1 saturated heterocycles. The Morgan fingerprint density at radius 2 is 1.96 bits per heavy atom. The van der Waals surface area contributed by atoms with E-state index >= 15 is 0 Å². The van der Waals surface area contributed by atoms with Crippen LogP contribution >= 0.6 is 0 Å². The van der Waals surface area contributed by atoms with Crippen molar-refractivity contribution in [2.45, 2.75) is 39.0 Å². The fourth-order valence-electron chi connectivity index (χ4n) is 3.03. The second-order valence-corrected chi connectivity index (χ2v) is 6.07. The standard InChI is InChI=1S/C17H25N3O3/c1-14-15(8-6-9-16(14)20(22)23)17(21)18-10-7-13-19-11-4-2-3-5-12-19/h6,8-9H,2-5,7,10-13H2,1H3,(H,18,21). The fourth-order valence-corrected chi connectivity index (χ4v) is 3.03. The first-order chi connectivity index (χ1) is 11.1. The molecule has 0 saturated carbocycles. The molecule has 1 amide bonds. The van der Waals surface area contributed by atoms with Gasteiger partial charge in [0.25, 0.3) is 11.6 Å². The average molecular weight is 319 g/mol. The number of likely N-dealkylation sites (tertiary alicyclic amines) is 1. The minimum atomic E-state index is -0.453. The lowest BCUT2D eigenvalue weighted by atomic mass is 10.1. The summed E-state index contributed by atoms with van der Waals surface area (Å²) in [6.45, 7) is 5.51. The number of rotatable bonds is 6. The summed E-state index contributed by atoms with van der Waals surface area (Å²) in [6.07, 6.45) is 6.07. The van der Waals surface area contributed by atoms with Crippen LogP contribution in [-0.2, 0) is 0 Å². The van der Waals surface area contributed by atoms with Crippen LogP contribution in [0.1, 0.15) is 48.0 Å². The Balaban J connectivity index is 1.81. The number of hydrogen-bond donors (Lipinski definition) is 1. The summed E-state index contributed by atoms with van der Waals surface area (Å²) < 4.78 is 0. The first-order valence-electron chi connectivity index (χ1n) is 8.34. The number of carbonyl (C=O) groups excluding carboxylic acids is 1. The number of nitrogens with zero attached hydrogens (tertiary/aromatic N) is 2. The topological polar surface area (TPSA) is 75.5 Å². The molecule has 2 rings (SSSR count). The van der Waals surface area contributed by atoms with E-state index in [0.29, 0.717) is 17.7 Å². The fraction of sp³-hybridized carbons (Fsp3) is 0.588. The zero-order chi connectivity index (χ0) is 16.7. The van der Waals surface area contributed by atoms with Crippen LogP contribution in [0.15, 0.2) is 18.2 Å². The highest BCUT2D eigenvalue weighted by Gasteiger charge is 2.17. The Morgan fingerprint density at radius 3 is 2.61 bits per heavy atom. The number of carbonyl (C=O) groups is 1. The first-order valence-corrected chi connectivity index (χ1v) is 8.34. The molecule has 126 valence electrons. The Kier molecular flexibility index (Phi) is 6.52. The summed E-state index contributed by atoms with van der Waals surface area (Å²) in [7, 11) is 0. The van der Waals surface area contributed by atoms with Crippen LogP contribution in [0.4, 0.5) is 5.69 Å². The van der Waals surface area contributed by atoms with Gasteiger partial charge in [-0.15, -0.1) is 0 Å². The van der Waals surface area contributed by atoms with Crippen molar-refractivity contribution < 1.29 is 9.72 Å². The minimum absolute atomic E-state index is 0.0118. The molecule has 0 aliphatic carbocycles. The monoisotopic (exact) mass is 319 g/mol. The third-order valence-electron chi connectivity index (χ3n) is 4.38. The second-order valence-electron chi connectivity index (χ2n) is 6.07. The normalized spacial score (nSPS) is 15.9. The third kappa shape index (κ3) is 5.03. The molecular formula is C17H25N3O3. The van der Waals surface area contributed by atoms with Gasteiger partial charge in [-0.3, -0.25) is 14.9 Å². The maximum absolute atomic E-state index is 12.2. The summed E-state index contributed by atoms with van der Waals surface area (Å²) in [5, 5.41) is 13.8. The van der Waals surface area contributed by atoms with Crippen molar-refractivity contribution in [2.75, 3.05) is 26.2 Å². The predicted octanol–water partition coefficient (Wildman–Crippen LogP) is 2.90. The number of nitro groups is 1. The highest BCUT2D eigenvalue weighted by Crippen LogP contribution is 2.20. The van der Waals surface area contributed by atoms with Gasteiger partial charge in [0.2, 0.25) is 0 Å². The van der Waals surface area contributed by atoms with E-state index in [2.05, 4.69) is 10.2 Å². The Bertz CT molecular complexity index is 552. The SMILES string of the molecule is Cc1c(C(=O)NCCCN2CCCCCC2)cccc1[N+](=O)[O-]. The molecule has 0 aromatic heterocycles. The molecule has 1 aromatic carbocycles. The van der Waals surface area contributed by atoms with E-state index in [1.807, 2.05) is 0 Å². The van der Waals surface area contributed by atoms with Gasteiger partial charge in [-0.05, 0) is 51.9 Å². The minimum Gasteiger partial charge on any atom is -0.352 e. The lowest BCUT2D eigenvalue weighted by Crippen LogP contribution is -2.31. The molecule has 6 heteroatoms. The van der Waals surface area contributed by atoms with Crippen molar-refractivity contribution >= 4 is 11.6 Å². The van der Waals surface area contributed by atoms with Crippen molar-refractivity contribution in [3.63, 3.8) is 0 Å². The van der Waals surface area contributed by atoms with Gasteiger partial charge in [0, 0.05) is 23.7 Å². The molecule has 1 heterocycles. The Labute approximate surface area is 137 Å². The number of benzene rings is 1. The van der Waals surface area contributed by atoms with E-state index in [1.165, 1.54) is 31.7 Å². The van der Waals surface area contributed by atoms with E-state index in [-0.39, 0.29) is 11.6 Å². The molecule has 23 heavy (non-hydrogen) atoms. The van der Waals surface area contributed by atoms with Gasteiger partial charge in [-0.1, -0.05) is 18.9 Å². The summed E-state index contributed by atoms with van der Waals surface area (Å²) in [6, 6.07) is 4.61.